The van der Waals surface area contributed by atoms with E-state index in [4.69, 9.17) is 28.2 Å². The first kappa shape index (κ1) is 18.4. The van der Waals surface area contributed by atoms with Crippen LogP contribution in [0.4, 0.5) is 5.69 Å². The summed E-state index contributed by atoms with van der Waals surface area (Å²) in [6.07, 6.45) is 1.62. The fourth-order valence-electron chi connectivity index (χ4n) is 2.50. The fourth-order valence-corrected chi connectivity index (χ4v) is 2.72. The molecule has 0 amide bonds. The number of aliphatic imine (C=N–C) groups is 2. The fraction of sp³-hybridized carbons (Fsp3) is 0.150. The third-order valence-corrected chi connectivity index (χ3v) is 4.60. The number of alkyl halides is 1. The predicted octanol–water partition coefficient (Wildman–Crippen LogP) is 4.98. The first-order chi connectivity index (χ1) is 12.6. The summed E-state index contributed by atoms with van der Waals surface area (Å²) in [4.78, 5) is 9.41. The van der Waals surface area contributed by atoms with Gasteiger partial charge >= 0.3 is 0 Å². The molecule has 2 aromatic rings. The van der Waals surface area contributed by atoms with Crippen molar-refractivity contribution in [3.8, 4) is 0 Å². The van der Waals surface area contributed by atoms with Gasteiger partial charge in [-0.05, 0) is 25.1 Å². The van der Waals surface area contributed by atoms with Crippen molar-refractivity contribution in [2.24, 2.45) is 15.1 Å². The van der Waals surface area contributed by atoms with Crippen LogP contribution >= 0.6 is 23.2 Å². The smallest absolute Gasteiger partial charge is 0.144 e. The van der Waals surface area contributed by atoms with Gasteiger partial charge in [-0.3, -0.25) is 10.4 Å². The van der Waals surface area contributed by atoms with Crippen molar-refractivity contribution in [1.82, 2.24) is 5.43 Å². The summed E-state index contributed by atoms with van der Waals surface area (Å²) >= 11 is 12.3. The number of hydrogen-bond donors (Lipinski definition) is 1. The quantitative estimate of drug-likeness (QED) is 0.343. The van der Waals surface area contributed by atoms with Crippen molar-refractivity contribution in [2.75, 3.05) is 6.54 Å². The highest BCUT2D eigenvalue weighted by Gasteiger charge is 2.16. The Morgan fingerprint density at radius 1 is 1.27 bits per heavy atom. The zero-order valence-corrected chi connectivity index (χ0v) is 15.8. The van der Waals surface area contributed by atoms with Crippen molar-refractivity contribution in [1.29, 1.82) is 0 Å². The molecule has 0 aromatic heterocycles. The molecule has 1 aliphatic heterocycles. The Morgan fingerprint density at radius 2 is 2.04 bits per heavy atom. The Balaban J connectivity index is 1.99. The minimum Gasteiger partial charge on any atom is -0.276 e. The predicted molar refractivity (Wildman–Crippen MR) is 112 cm³/mol. The van der Waals surface area contributed by atoms with E-state index in [9.17, 15) is 0 Å². The van der Waals surface area contributed by atoms with Crippen LogP contribution in [0.1, 0.15) is 18.1 Å². The van der Waals surface area contributed by atoms with Gasteiger partial charge in [0.15, 0.2) is 0 Å². The summed E-state index contributed by atoms with van der Waals surface area (Å²) in [6.45, 7) is 5.87. The number of hydrazone groups is 1. The first-order valence-corrected chi connectivity index (χ1v) is 8.94. The van der Waals surface area contributed by atoms with Gasteiger partial charge < -0.3 is 0 Å². The molecule has 0 spiro atoms. The Morgan fingerprint density at radius 3 is 2.77 bits per heavy atom. The van der Waals surface area contributed by atoms with Crippen molar-refractivity contribution >= 4 is 46.1 Å². The van der Waals surface area contributed by atoms with Gasteiger partial charge in [-0.1, -0.05) is 48.0 Å². The standard InChI is InChI=1S/C20H18Cl2N4/c1-3-17(22)13(2)25-26-19-12-23-20(14-7-5-4-6-8-14)16-11-15(21)9-10-18(16)24-19/h3-11,17H,1,12H2,2H3,(H,24,26)/b25-13+. The van der Waals surface area contributed by atoms with Crippen LogP contribution < -0.4 is 5.43 Å². The summed E-state index contributed by atoms with van der Waals surface area (Å²) in [5, 5.41) is 4.60. The molecule has 3 rings (SSSR count). The maximum atomic E-state index is 6.21. The summed E-state index contributed by atoms with van der Waals surface area (Å²) in [7, 11) is 0. The number of allylic oxidation sites excluding steroid dienone is 1. The number of amidine groups is 1. The van der Waals surface area contributed by atoms with E-state index >= 15 is 0 Å². The van der Waals surface area contributed by atoms with Gasteiger partial charge in [0, 0.05) is 16.1 Å². The molecule has 0 fully saturated rings. The summed E-state index contributed by atoms with van der Waals surface area (Å²) < 4.78 is 0. The lowest BCUT2D eigenvalue weighted by atomic mass is 10.0. The molecule has 1 unspecified atom stereocenters. The number of halogens is 2. The SMILES string of the molecule is C=CC(Cl)/C(C)=N/NC1=Nc2ccc(Cl)cc2C(c2ccccc2)=NC1. The van der Waals surface area contributed by atoms with E-state index in [1.807, 2.05) is 55.5 Å². The molecule has 1 N–H and O–H groups in total. The number of rotatable bonds is 4. The second-order valence-corrected chi connectivity index (χ2v) is 6.66. The van der Waals surface area contributed by atoms with Crippen LogP contribution in [0, 0.1) is 0 Å². The Labute approximate surface area is 163 Å². The second-order valence-electron chi connectivity index (χ2n) is 5.75. The minimum absolute atomic E-state index is 0.330. The third kappa shape index (κ3) is 4.21. The van der Waals surface area contributed by atoms with E-state index in [-0.39, 0.29) is 5.38 Å². The highest BCUT2D eigenvalue weighted by atomic mass is 35.5. The lowest BCUT2D eigenvalue weighted by molar-refractivity contribution is 0.981. The van der Waals surface area contributed by atoms with Gasteiger partial charge in [0.05, 0.1) is 29.0 Å². The molecule has 0 saturated carbocycles. The van der Waals surface area contributed by atoms with Crippen molar-refractivity contribution in [3.05, 3.63) is 77.3 Å². The minimum atomic E-state index is -0.330. The largest absolute Gasteiger partial charge is 0.276 e. The number of hydrogen-bond acceptors (Lipinski definition) is 4. The molecule has 26 heavy (non-hydrogen) atoms. The molecule has 6 heteroatoms. The summed E-state index contributed by atoms with van der Waals surface area (Å²) in [6, 6.07) is 15.6. The zero-order chi connectivity index (χ0) is 18.5. The summed E-state index contributed by atoms with van der Waals surface area (Å²) in [5.74, 6) is 0.631. The molecule has 1 atom stereocenters. The van der Waals surface area contributed by atoms with Crippen molar-refractivity contribution in [2.45, 2.75) is 12.3 Å². The van der Waals surface area contributed by atoms with Crippen molar-refractivity contribution < 1.29 is 0 Å². The van der Waals surface area contributed by atoms with Gasteiger partial charge in [-0.15, -0.1) is 18.2 Å². The third-order valence-electron chi connectivity index (χ3n) is 3.87. The number of fused-ring (bicyclic) bond motifs is 1. The topological polar surface area (TPSA) is 49.1 Å². The van der Waals surface area contributed by atoms with Crippen LogP contribution in [0.15, 0.2) is 76.3 Å². The van der Waals surface area contributed by atoms with Gasteiger partial charge in [0.1, 0.15) is 5.84 Å². The monoisotopic (exact) mass is 384 g/mol. The second kappa shape index (κ2) is 8.30. The maximum absolute atomic E-state index is 6.21. The van der Waals surface area contributed by atoms with E-state index < -0.39 is 0 Å². The van der Waals surface area contributed by atoms with Crippen LogP contribution in [0.2, 0.25) is 5.02 Å². The molecule has 0 radical (unpaired) electrons. The molecule has 0 aliphatic carbocycles. The Bertz CT molecular complexity index is 901. The van der Waals surface area contributed by atoms with Gasteiger partial charge in [-0.2, -0.15) is 5.10 Å². The molecule has 4 nitrogen and oxygen atoms in total. The Kier molecular flexibility index (Phi) is 5.86. The van der Waals surface area contributed by atoms with E-state index in [0.29, 0.717) is 23.1 Å². The van der Waals surface area contributed by atoms with Crippen LogP contribution in [-0.2, 0) is 0 Å². The zero-order valence-electron chi connectivity index (χ0n) is 14.3. The maximum Gasteiger partial charge on any atom is 0.144 e. The normalized spacial score (nSPS) is 15.3. The van der Waals surface area contributed by atoms with Crippen LogP contribution in [-0.4, -0.2) is 29.2 Å². The first-order valence-electron chi connectivity index (χ1n) is 8.12. The molecule has 1 aliphatic rings. The summed E-state index contributed by atoms with van der Waals surface area (Å²) in [5.41, 5.74) is 7.22. The highest BCUT2D eigenvalue weighted by Crippen LogP contribution is 2.28. The van der Waals surface area contributed by atoms with Gasteiger partial charge in [0.2, 0.25) is 0 Å². The average Bonchev–Trinajstić information content (AvgIpc) is 2.85. The molecule has 0 saturated heterocycles. The van der Waals surface area contributed by atoms with E-state index in [1.54, 1.807) is 6.08 Å². The molecule has 2 aromatic carbocycles. The van der Waals surface area contributed by atoms with Gasteiger partial charge in [-0.25, -0.2) is 4.99 Å². The van der Waals surface area contributed by atoms with Crippen LogP contribution in [0.25, 0.3) is 0 Å². The number of nitrogens with zero attached hydrogens (tertiary/aromatic N) is 3. The molecule has 132 valence electrons. The number of nitrogens with one attached hydrogen (secondary N) is 1. The molecular weight excluding hydrogens is 367 g/mol. The average molecular weight is 385 g/mol. The molecule has 1 heterocycles. The van der Waals surface area contributed by atoms with E-state index in [1.165, 1.54) is 0 Å². The van der Waals surface area contributed by atoms with E-state index in [0.717, 1.165) is 22.5 Å². The van der Waals surface area contributed by atoms with Crippen LogP contribution in [0.5, 0.6) is 0 Å². The highest BCUT2D eigenvalue weighted by molar-refractivity contribution is 6.33. The number of benzene rings is 2. The molecule has 0 bridgehead atoms. The van der Waals surface area contributed by atoms with Crippen LogP contribution in [0.3, 0.4) is 0 Å². The lowest BCUT2D eigenvalue weighted by Crippen LogP contribution is -2.23. The van der Waals surface area contributed by atoms with Crippen molar-refractivity contribution in [3.63, 3.8) is 0 Å². The molecular formula is C20H18Cl2N4. The van der Waals surface area contributed by atoms with E-state index in [2.05, 4.69) is 22.1 Å². The Hall–Kier alpha value is -2.43. The lowest BCUT2D eigenvalue weighted by Gasteiger charge is -2.08. The van der Waals surface area contributed by atoms with Gasteiger partial charge in [0.25, 0.3) is 0 Å².